The van der Waals surface area contributed by atoms with Crippen molar-refractivity contribution in [1.29, 1.82) is 0 Å². The highest BCUT2D eigenvalue weighted by molar-refractivity contribution is 7.90. The van der Waals surface area contributed by atoms with Crippen LogP contribution >= 0.6 is 0 Å². The number of hydrogen-bond donors (Lipinski definition) is 2. The third-order valence-electron chi connectivity index (χ3n) is 4.86. The van der Waals surface area contributed by atoms with Gasteiger partial charge in [0.15, 0.2) is 17.3 Å². The minimum absolute atomic E-state index is 0.0181. The molecule has 0 bridgehead atoms. The molecule has 3 rings (SSSR count). The Morgan fingerprint density at radius 2 is 1.57 bits per heavy atom. The molecule has 0 aromatic heterocycles. The van der Waals surface area contributed by atoms with E-state index >= 15 is 0 Å². The number of nitrogens with one attached hydrogen (secondary N) is 2. The molecule has 2 amide bonds. The van der Waals surface area contributed by atoms with E-state index in [1.807, 2.05) is 17.7 Å². The number of urea groups is 1. The van der Waals surface area contributed by atoms with Gasteiger partial charge in [-0.1, -0.05) is 36.4 Å². The summed E-state index contributed by atoms with van der Waals surface area (Å²) < 4.78 is 37.6. The van der Waals surface area contributed by atoms with E-state index in [2.05, 4.69) is 5.32 Å². The summed E-state index contributed by atoms with van der Waals surface area (Å²) in [4.78, 5) is 24.2. The minimum atomic E-state index is -4.00. The number of anilines is 1. The van der Waals surface area contributed by atoms with Crippen molar-refractivity contribution >= 4 is 33.1 Å². The average molecular weight is 495 g/mol. The molecule has 0 aliphatic heterocycles. The SMILES string of the molecule is CCOc1cc(C(=CC(C)=O)c2ccc(NC(=O)NS(=O)(=O)c3ccccc3)cc2)ccc1OC. The lowest BCUT2D eigenvalue weighted by Gasteiger charge is -2.14. The molecule has 9 heteroatoms. The highest BCUT2D eigenvalue weighted by Gasteiger charge is 2.17. The summed E-state index contributed by atoms with van der Waals surface area (Å²) in [7, 11) is -2.44. The zero-order valence-corrected chi connectivity index (χ0v) is 20.4. The molecule has 0 aliphatic carbocycles. The fourth-order valence-corrected chi connectivity index (χ4v) is 4.25. The first kappa shape index (κ1) is 25.5. The van der Waals surface area contributed by atoms with E-state index in [4.69, 9.17) is 9.47 Å². The predicted molar refractivity (Wildman–Crippen MR) is 134 cm³/mol. The number of carbonyl (C=O) groups is 2. The Kier molecular flexibility index (Phi) is 8.27. The van der Waals surface area contributed by atoms with E-state index in [1.54, 1.807) is 61.7 Å². The lowest BCUT2D eigenvalue weighted by atomic mass is 9.96. The topological polar surface area (TPSA) is 111 Å². The Morgan fingerprint density at radius 1 is 0.914 bits per heavy atom. The number of sulfonamides is 1. The molecule has 0 fully saturated rings. The van der Waals surface area contributed by atoms with Gasteiger partial charge in [-0.15, -0.1) is 0 Å². The zero-order chi connectivity index (χ0) is 25.4. The number of ketones is 1. The van der Waals surface area contributed by atoms with Crippen molar-refractivity contribution < 1.29 is 27.5 Å². The fourth-order valence-electron chi connectivity index (χ4n) is 3.32. The van der Waals surface area contributed by atoms with Crippen LogP contribution in [0.2, 0.25) is 0 Å². The van der Waals surface area contributed by atoms with Crippen LogP contribution in [-0.2, 0) is 14.8 Å². The summed E-state index contributed by atoms with van der Waals surface area (Å²) in [5.74, 6) is 0.992. The number of carbonyl (C=O) groups excluding carboxylic acids is 2. The van der Waals surface area contributed by atoms with Crippen LogP contribution < -0.4 is 19.5 Å². The van der Waals surface area contributed by atoms with Crippen molar-refractivity contribution in [2.45, 2.75) is 18.7 Å². The van der Waals surface area contributed by atoms with Crippen LogP contribution in [0.25, 0.3) is 5.57 Å². The van der Waals surface area contributed by atoms with Gasteiger partial charge in [-0.3, -0.25) is 4.79 Å². The van der Waals surface area contributed by atoms with Crippen LogP contribution in [0.3, 0.4) is 0 Å². The molecule has 0 heterocycles. The van der Waals surface area contributed by atoms with E-state index in [1.165, 1.54) is 25.1 Å². The van der Waals surface area contributed by atoms with E-state index in [0.29, 0.717) is 29.4 Å². The molecule has 2 N–H and O–H groups in total. The molecular weight excluding hydrogens is 468 g/mol. The van der Waals surface area contributed by atoms with Gasteiger partial charge in [-0.2, -0.15) is 0 Å². The Bertz CT molecular complexity index is 1330. The number of ether oxygens (including phenoxy) is 2. The van der Waals surface area contributed by atoms with E-state index in [0.717, 1.165) is 11.1 Å². The summed E-state index contributed by atoms with van der Waals surface area (Å²) in [5, 5.41) is 2.50. The maximum atomic E-state index is 12.3. The highest BCUT2D eigenvalue weighted by atomic mass is 32.2. The highest BCUT2D eigenvalue weighted by Crippen LogP contribution is 2.33. The lowest BCUT2D eigenvalue weighted by molar-refractivity contribution is -0.112. The standard InChI is InChI=1S/C26H26N2O6S/c1-4-34-25-17-20(12-15-24(25)33-3)23(16-18(2)29)19-10-13-21(14-11-19)27-26(30)28-35(31,32)22-8-6-5-7-9-22/h5-17H,4H2,1-3H3,(H2,27,28,30). The van der Waals surface area contributed by atoms with Gasteiger partial charge >= 0.3 is 6.03 Å². The van der Waals surface area contributed by atoms with Crippen LogP contribution in [0.4, 0.5) is 10.5 Å². The van der Waals surface area contributed by atoms with Gasteiger partial charge < -0.3 is 14.8 Å². The average Bonchev–Trinajstić information content (AvgIpc) is 2.83. The fraction of sp³-hybridized carbons (Fsp3) is 0.154. The molecule has 0 aliphatic rings. The Morgan fingerprint density at radius 3 is 2.17 bits per heavy atom. The van der Waals surface area contributed by atoms with Gasteiger partial charge in [0, 0.05) is 5.69 Å². The number of hydrogen-bond acceptors (Lipinski definition) is 6. The zero-order valence-electron chi connectivity index (χ0n) is 19.6. The first-order valence-electron chi connectivity index (χ1n) is 10.8. The molecule has 0 saturated heterocycles. The van der Waals surface area contributed by atoms with Gasteiger partial charge in [-0.25, -0.2) is 17.9 Å². The second-order valence-electron chi connectivity index (χ2n) is 7.42. The smallest absolute Gasteiger partial charge is 0.333 e. The molecule has 0 unspecified atom stereocenters. The molecule has 0 radical (unpaired) electrons. The number of methoxy groups -OCH3 is 1. The Hall–Kier alpha value is -4.11. The van der Waals surface area contributed by atoms with Gasteiger partial charge in [0.1, 0.15) is 0 Å². The maximum absolute atomic E-state index is 12.3. The molecular formula is C26H26N2O6S. The molecule has 8 nitrogen and oxygen atoms in total. The number of benzene rings is 3. The van der Waals surface area contributed by atoms with Crippen molar-refractivity contribution in [3.63, 3.8) is 0 Å². The molecule has 0 saturated carbocycles. The second kappa shape index (κ2) is 11.3. The minimum Gasteiger partial charge on any atom is -0.493 e. The third-order valence-corrected chi connectivity index (χ3v) is 6.20. The van der Waals surface area contributed by atoms with Crippen LogP contribution in [0.15, 0.2) is 83.8 Å². The van der Waals surface area contributed by atoms with Crippen LogP contribution in [0, 0.1) is 0 Å². The number of amides is 2. The summed E-state index contributed by atoms with van der Waals surface area (Å²) in [6.07, 6.45) is 1.51. The van der Waals surface area contributed by atoms with Crippen LogP contribution in [-0.4, -0.2) is 33.9 Å². The molecule has 3 aromatic rings. The third kappa shape index (κ3) is 6.70. The van der Waals surface area contributed by atoms with Crippen molar-refractivity contribution in [2.24, 2.45) is 0 Å². The summed E-state index contributed by atoms with van der Waals surface area (Å²) >= 11 is 0. The lowest BCUT2D eigenvalue weighted by Crippen LogP contribution is -2.34. The quantitative estimate of drug-likeness (QED) is 0.420. The van der Waals surface area contributed by atoms with Gasteiger partial charge in [0.2, 0.25) is 0 Å². The Balaban J connectivity index is 1.82. The first-order chi connectivity index (χ1) is 16.7. The molecule has 35 heavy (non-hydrogen) atoms. The van der Waals surface area contributed by atoms with E-state index < -0.39 is 16.1 Å². The summed E-state index contributed by atoms with van der Waals surface area (Å²) in [6, 6.07) is 18.8. The predicted octanol–water partition coefficient (Wildman–Crippen LogP) is 4.63. The van der Waals surface area contributed by atoms with Gasteiger partial charge in [0.25, 0.3) is 10.0 Å². The molecule has 0 atom stereocenters. The largest absolute Gasteiger partial charge is 0.493 e. The van der Waals surface area contributed by atoms with Gasteiger partial charge in [0.05, 0.1) is 18.6 Å². The van der Waals surface area contributed by atoms with Crippen molar-refractivity contribution in [3.05, 3.63) is 90.0 Å². The van der Waals surface area contributed by atoms with Crippen LogP contribution in [0.5, 0.6) is 11.5 Å². The summed E-state index contributed by atoms with van der Waals surface area (Å²) in [6.45, 7) is 3.78. The summed E-state index contributed by atoms with van der Waals surface area (Å²) in [5.41, 5.74) is 2.50. The van der Waals surface area contributed by atoms with Gasteiger partial charge in [-0.05, 0) is 73.0 Å². The number of rotatable bonds is 9. The second-order valence-corrected chi connectivity index (χ2v) is 9.10. The Labute approximate surface area is 204 Å². The maximum Gasteiger partial charge on any atom is 0.333 e. The van der Waals surface area contributed by atoms with E-state index in [9.17, 15) is 18.0 Å². The van der Waals surface area contributed by atoms with Crippen molar-refractivity contribution in [2.75, 3.05) is 19.0 Å². The first-order valence-corrected chi connectivity index (χ1v) is 12.2. The normalized spacial score (nSPS) is 11.5. The van der Waals surface area contributed by atoms with Crippen molar-refractivity contribution in [3.8, 4) is 11.5 Å². The molecule has 3 aromatic carbocycles. The number of allylic oxidation sites excluding steroid dienone is 1. The molecule has 182 valence electrons. The van der Waals surface area contributed by atoms with E-state index in [-0.39, 0.29) is 10.7 Å². The van der Waals surface area contributed by atoms with Crippen LogP contribution in [0.1, 0.15) is 25.0 Å². The monoisotopic (exact) mass is 494 g/mol. The molecule has 0 spiro atoms. The van der Waals surface area contributed by atoms with Crippen molar-refractivity contribution in [1.82, 2.24) is 4.72 Å².